The lowest BCUT2D eigenvalue weighted by Gasteiger charge is -2.03. The van der Waals surface area contributed by atoms with Crippen LogP contribution in [0.4, 0.5) is 10.1 Å². The first-order valence-corrected chi connectivity index (χ1v) is 5.86. The third-order valence-corrected chi connectivity index (χ3v) is 2.76. The molecule has 22 heavy (non-hydrogen) atoms. The molecule has 1 aromatic heterocycles. The second kappa shape index (κ2) is 5.88. The molecule has 0 aliphatic carbocycles. The Bertz CT molecular complexity index is 827. The number of aromatic hydroxyl groups is 2. The largest absolute Gasteiger partial charge is 0.504 e. The number of nitrogens with zero attached hydrogens (tertiary/aromatic N) is 3. The van der Waals surface area contributed by atoms with Crippen LogP contribution in [0.15, 0.2) is 30.5 Å². The molecule has 0 fully saturated rings. The predicted octanol–water partition coefficient (Wildman–Crippen LogP) is 2.60. The molecule has 0 saturated carbocycles. The smallest absolute Gasteiger partial charge is 0.315 e. The summed E-state index contributed by atoms with van der Waals surface area (Å²) in [6, 6.07) is 6.30. The Kier molecular flexibility index (Phi) is 3.99. The molecule has 2 rings (SSSR count). The molecule has 8 heteroatoms. The molecule has 0 spiro atoms. The molecule has 0 bridgehead atoms. The molecule has 110 valence electrons. The van der Waals surface area contributed by atoms with E-state index >= 15 is 0 Å². The number of aromatic nitrogens is 1. The van der Waals surface area contributed by atoms with Gasteiger partial charge in [-0.05, 0) is 29.3 Å². The number of benzene rings is 1. The van der Waals surface area contributed by atoms with Crippen LogP contribution in [-0.4, -0.2) is 20.1 Å². The number of hydrogen-bond donors (Lipinski definition) is 2. The van der Waals surface area contributed by atoms with Gasteiger partial charge in [0.15, 0.2) is 5.75 Å². The summed E-state index contributed by atoms with van der Waals surface area (Å²) in [5.41, 5.74) is -0.355. The number of halogens is 1. The highest BCUT2D eigenvalue weighted by atomic mass is 19.1. The molecular formula is C14H8FN3O4. The van der Waals surface area contributed by atoms with Gasteiger partial charge in [0.1, 0.15) is 0 Å². The van der Waals surface area contributed by atoms with E-state index in [0.717, 1.165) is 18.2 Å². The van der Waals surface area contributed by atoms with Crippen LogP contribution in [0, 0.1) is 27.4 Å². The number of hydrogen-bond acceptors (Lipinski definition) is 6. The lowest BCUT2D eigenvalue weighted by molar-refractivity contribution is -0.386. The van der Waals surface area contributed by atoms with E-state index in [1.807, 2.05) is 6.07 Å². The van der Waals surface area contributed by atoms with Crippen molar-refractivity contribution in [2.45, 2.75) is 0 Å². The Morgan fingerprint density at radius 2 is 2.14 bits per heavy atom. The highest BCUT2D eigenvalue weighted by Gasteiger charge is 2.18. The van der Waals surface area contributed by atoms with Gasteiger partial charge in [-0.2, -0.15) is 9.65 Å². The number of nitro benzene ring substituents is 1. The van der Waals surface area contributed by atoms with Gasteiger partial charge in [-0.15, -0.1) is 0 Å². The number of phenolic OH excluding ortho intramolecular Hbond substituents is 2. The van der Waals surface area contributed by atoms with Gasteiger partial charge in [-0.1, -0.05) is 0 Å². The first-order valence-electron chi connectivity index (χ1n) is 5.86. The average molecular weight is 301 g/mol. The van der Waals surface area contributed by atoms with Crippen molar-refractivity contribution < 1.29 is 19.5 Å². The molecule has 1 heterocycles. The summed E-state index contributed by atoms with van der Waals surface area (Å²) in [5.74, 6) is -2.34. The Labute approximate surface area is 123 Å². The Morgan fingerprint density at radius 3 is 2.73 bits per heavy atom. The molecule has 0 aliphatic heterocycles. The fourth-order valence-electron chi connectivity index (χ4n) is 1.76. The standard InChI is InChI=1S/C14H8FN3O4/c15-13-6-9(1-2-17-13)10(7-16)3-8-4-11(18(21)22)14(20)12(19)5-8/h1-6,19-20H/b10-3+. The molecular weight excluding hydrogens is 293 g/mol. The predicted molar refractivity (Wildman–Crippen MR) is 74.1 cm³/mol. The number of phenols is 2. The monoisotopic (exact) mass is 301 g/mol. The van der Waals surface area contributed by atoms with Crippen molar-refractivity contribution in [3.05, 3.63) is 57.7 Å². The number of rotatable bonds is 3. The van der Waals surface area contributed by atoms with Crippen LogP contribution in [0.1, 0.15) is 11.1 Å². The van der Waals surface area contributed by atoms with E-state index in [-0.39, 0.29) is 16.7 Å². The first-order chi connectivity index (χ1) is 10.4. The van der Waals surface area contributed by atoms with Crippen molar-refractivity contribution >= 4 is 17.3 Å². The van der Waals surface area contributed by atoms with Gasteiger partial charge >= 0.3 is 5.69 Å². The number of nitro groups is 1. The minimum absolute atomic E-state index is 0.0145. The van der Waals surface area contributed by atoms with E-state index in [2.05, 4.69) is 4.98 Å². The van der Waals surface area contributed by atoms with E-state index < -0.39 is 28.1 Å². The van der Waals surface area contributed by atoms with Gasteiger partial charge in [0.2, 0.25) is 11.7 Å². The topological polar surface area (TPSA) is 120 Å². The minimum atomic E-state index is -0.870. The highest BCUT2D eigenvalue weighted by Crippen LogP contribution is 2.37. The van der Waals surface area contributed by atoms with Crippen LogP contribution in [0.5, 0.6) is 11.5 Å². The number of nitriles is 1. The van der Waals surface area contributed by atoms with Crippen molar-refractivity contribution in [2.24, 2.45) is 0 Å². The van der Waals surface area contributed by atoms with E-state index in [9.17, 15) is 24.7 Å². The third-order valence-electron chi connectivity index (χ3n) is 2.76. The zero-order chi connectivity index (χ0) is 16.3. The average Bonchev–Trinajstić information content (AvgIpc) is 2.47. The molecule has 0 atom stereocenters. The van der Waals surface area contributed by atoms with Gasteiger partial charge in [-0.25, -0.2) is 4.98 Å². The van der Waals surface area contributed by atoms with Crippen molar-refractivity contribution in [1.82, 2.24) is 4.98 Å². The number of pyridine rings is 1. The molecule has 7 nitrogen and oxygen atoms in total. The molecule has 0 unspecified atom stereocenters. The summed E-state index contributed by atoms with van der Waals surface area (Å²) < 4.78 is 13.1. The zero-order valence-corrected chi connectivity index (χ0v) is 10.9. The fraction of sp³-hybridized carbons (Fsp3) is 0. The van der Waals surface area contributed by atoms with Crippen LogP contribution < -0.4 is 0 Å². The minimum Gasteiger partial charge on any atom is -0.504 e. The highest BCUT2D eigenvalue weighted by molar-refractivity contribution is 5.90. The summed E-state index contributed by atoms with van der Waals surface area (Å²) in [7, 11) is 0. The second-order valence-electron chi connectivity index (χ2n) is 4.20. The Hall–Kier alpha value is -3.47. The van der Waals surface area contributed by atoms with Crippen molar-refractivity contribution in [3.8, 4) is 17.6 Å². The Balaban J connectivity index is 2.56. The van der Waals surface area contributed by atoms with Crippen LogP contribution in [0.25, 0.3) is 11.6 Å². The van der Waals surface area contributed by atoms with Crippen molar-refractivity contribution in [2.75, 3.05) is 0 Å². The van der Waals surface area contributed by atoms with Crippen LogP contribution in [0.3, 0.4) is 0 Å². The van der Waals surface area contributed by atoms with Crippen LogP contribution in [-0.2, 0) is 0 Å². The quantitative estimate of drug-likeness (QED) is 0.295. The maximum absolute atomic E-state index is 13.1. The molecule has 0 aliphatic rings. The summed E-state index contributed by atoms with van der Waals surface area (Å²) >= 11 is 0. The van der Waals surface area contributed by atoms with Crippen LogP contribution in [0.2, 0.25) is 0 Å². The lowest BCUT2D eigenvalue weighted by atomic mass is 10.0. The first kappa shape index (κ1) is 14.9. The van der Waals surface area contributed by atoms with Gasteiger partial charge < -0.3 is 10.2 Å². The molecule has 1 aromatic carbocycles. The summed E-state index contributed by atoms with van der Waals surface area (Å²) in [6.07, 6.45) is 2.40. The van der Waals surface area contributed by atoms with E-state index in [1.165, 1.54) is 18.3 Å². The number of allylic oxidation sites excluding steroid dienone is 1. The lowest BCUT2D eigenvalue weighted by Crippen LogP contribution is -1.91. The maximum Gasteiger partial charge on any atom is 0.315 e. The van der Waals surface area contributed by atoms with E-state index in [0.29, 0.717) is 0 Å². The normalized spacial score (nSPS) is 11.0. The molecule has 0 amide bonds. The maximum atomic E-state index is 13.1. The third kappa shape index (κ3) is 2.99. The Morgan fingerprint density at radius 1 is 1.41 bits per heavy atom. The van der Waals surface area contributed by atoms with Gasteiger partial charge in [0.05, 0.1) is 16.6 Å². The van der Waals surface area contributed by atoms with Crippen molar-refractivity contribution in [1.29, 1.82) is 5.26 Å². The van der Waals surface area contributed by atoms with Crippen LogP contribution >= 0.6 is 0 Å². The SMILES string of the molecule is N#C/C(=C\c1cc(O)c(O)c([N+](=O)[O-])c1)c1ccnc(F)c1. The molecule has 2 N–H and O–H groups in total. The van der Waals surface area contributed by atoms with E-state index in [4.69, 9.17) is 5.26 Å². The van der Waals surface area contributed by atoms with Gasteiger partial charge in [0, 0.05) is 18.3 Å². The van der Waals surface area contributed by atoms with E-state index in [1.54, 1.807) is 0 Å². The van der Waals surface area contributed by atoms with Gasteiger partial charge in [-0.3, -0.25) is 10.1 Å². The van der Waals surface area contributed by atoms with Crippen molar-refractivity contribution in [3.63, 3.8) is 0 Å². The zero-order valence-electron chi connectivity index (χ0n) is 10.9. The molecule has 0 radical (unpaired) electrons. The molecule has 0 saturated heterocycles. The fourth-order valence-corrected chi connectivity index (χ4v) is 1.76. The summed E-state index contributed by atoms with van der Waals surface area (Å²) in [6.45, 7) is 0. The molecule has 2 aromatic rings. The second-order valence-corrected chi connectivity index (χ2v) is 4.20. The summed E-state index contributed by atoms with van der Waals surface area (Å²) in [5, 5.41) is 38.8. The van der Waals surface area contributed by atoms with Gasteiger partial charge in [0.25, 0.3) is 0 Å². The summed E-state index contributed by atoms with van der Waals surface area (Å²) in [4.78, 5) is 13.3.